The molecule has 2 rings (SSSR count). The van der Waals surface area contributed by atoms with Crippen molar-refractivity contribution in [3.05, 3.63) is 34.4 Å². The number of hydrogen-bond donors (Lipinski definition) is 1. The second-order valence-corrected chi connectivity index (χ2v) is 6.26. The lowest BCUT2D eigenvalue weighted by atomic mass is 9.97. The second kappa shape index (κ2) is 7.09. The average molecular weight is 259 g/mol. The largest absolute Gasteiger partial charge is 0.314 e. The zero-order valence-corrected chi connectivity index (χ0v) is 12.9. The van der Waals surface area contributed by atoms with Crippen molar-refractivity contribution in [2.45, 2.75) is 71.8 Å². The normalized spacial score (nSPS) is 16.2. The Morgan fingerprint density at radius 2 is 1.63 bits per heavy atom. The van der Waals surface area contributed by atoms with Gasteiger partial charge in [-0.3, -0.25) is 0 Å². The highest BCUT2D eigenvalue weighted by Gasteiger charge is 2.13. The number of benzene rings is 1. The van der Waals surface area contributed by atoms with Gasteiger partial charge in [-0.05, 0) is 81.7 Å². The van der Waals surface area contributed by atoms with Gasteiger partial charge in [0.05, 0.1) is 0 Å². The van der Waals surface area contributed by atoms with Crippen LogP contribution >= 0.6 is 0 Å². The van der Waals surface area contributed by atoms with E-state index in [1.54, 1.807) is 5.56 Å². The molecule has 1 aliphatic carbocycles. The molecule has 0 aliphatic heterocycles. The molecule has 0 aromatic heterocycles. The van der Waals surface area contributed by atoms with E-state index in [1.165, 1.54) is 68.2 Å². The molecule has 0 unspecified atom stereocenters. The molecule has 19 heavy (non-hydrogen) atoms. The maximum absolute atomic E-state index is 3.70. The smallest absolute Gasteiger partial charge is 0.00670 e. The van der Waals surface area contributed by atoms with Crippen LogP contribution in [0.5, 0.6) is 0 Å². The topological polar surface area (TPSA) is 12.0 Å². The molecule has 1 heteroatoms. The fourth-order valence-electron chi connectivity index (χ4n) is 3.17. The average Bonchev–Trinajstić information content (AvgIpc) is 2.88. The van der Waals surface area contributed by atoms with Crippen LogP contribution in [-0.2, 0) is 6.42 Å². The lowest BCUT2D eigenvalue weighted by Crippen LogP contribution is -2.26. The number of nitrogens with one attached hydrogen (secondary N) is 1. The lowest BCUT2D eigenvalue weighted by molar-refractivity contribution is 0.507. The minimum absolute atomic E-state index is 0.823. The van der Waals surface area contributed by atoms with Crippen LogP contribution < -0.4 is 5.32 Å². The van der Waals surface area contributed by atoms with Gasteiger partial charge in [0, 0.05) is 6.04 Å². The first-order chi connectivity index (χ1) is 9.16. The maximum Gasteiger partial charge on any atom is 0.00670 e. The van der Waals surface area contributed by atoms with E-state index in [2.05, 4.69) is 38.2 Å². The molecule has 1 aromatic rings. The van der Waals surface area contributed by atoms with Crippen LogP contribution in [0.3, 0.4) is 0 Å². The van der Waals surface area contributed by atoms with E-state index in [0.29, 0.717) is 0 Å². The van der Waals surface area contributed by atoms with Crippen molar-refractivity contribution in [3.63, 3.8) is 0 Å². The van der Waals surface area contributed by atoms with E-state index >= 15 is 0 Å². The van der Waals surface area contributed by atoms with Gasteiger partial charge < -0.3 is 5.32 Å². The minimum atomic E-state index is 0.823. The molecule has 1 N–H and O–H groups in total. The van der Waals surface area contributed by atoms with Crippen molar-refractivity contribution in [1.82, 2.24) is 5.32 Å². The summed E-state index contributed by atoms with van der Waals surface area (Å²) in [5.41, 5.74) is 5.87. The van der Waals surface area contributed by atoms with Gasteiger partial charge in [0.2, 0.25) is 0 Å². The third-order valence-electron chi connectivity index (χ3n) is 4.61. The van der Waals surface area contributed by atoms with Crippen LogP contribution in [0.15, 0.2) is 12.1 Å². The van der Waals surface area contributed by atoms with Crippen molar-refractivity contribution in [3.8, 4) is 0 Å². The number of aryl methyl sites for hydroxylation is 4. The van der Waals surface area contributed by atoms with Crippen molar-refractivity contribution in [1.29, 1.82) is 0 Å². The van der Waals surface area contributed by atoms with Gasteiger partial charge in [-0.15, -0.1) is 0 Å². The summed E-state index contributed by atoms with van der Waals surface area (Å²) in [6, 6.07) is 5.54. The third-order valence-corrected chi connectivity index (χ3v) is 4.61. The summed E-state index contributed by atoms with van der Waals surface area (Å²) >= 11 is 0. The van der Waals surface area contributed by atoms with Gasteiger partial charge in [-0.2, -0.15) is 0 Å². The Bertz CT molecular complexity index is 402. The number of unbranched alkanes of at least 4 members (excludes halogenated alkanes) is 1. The van der Waals surface area contributed by atoms with Crippen LogP contribution in [0, 0.1) is 20.8 Å². The Labute approximate surface area is 118 Å². The molecule has 1 nitrogen and oxygen atoms in total. The molecule has 1 aliphatic rings. The molecule has 1 fully saturated rings. The molecule has 0 radical (unpaired) electrons. The second-order valence-electron chi connectivity index (χ2n) is 6.26. The van der Waals surface area contributed by atoms with Crippen molar-refractivity contribution in [2.75, 3.05) is 6.54 Å². The SMILES string of the molecule is Cc1cc(C)c(CCCCNC2CCCC2)cc1C. The highest BCUT2D eigenvalue weighted by Crippen LogP contribution is 2.19. The van der Waals surface area contributed by atoms with Crippen LogP contribution in [0.25, 0.3) is 0 Å². The van der Waals surface area contributed by atoms with E-state index < -0.39 is 0 Å². The van der Waals surface area contributed by atoms with Crippen molar-refractivity contribution in [2.24, 2.45) is 0 Å². The third kappa shape index (κ3) is 4.35. The number of rotatable bonds is 6. The fraction of sp³-hybridized carbons (Fsp3) is 0.667. The highest BCUT2D eigenvalue weighted by atomic mass is 14.9. The monoisotopic (exact) mass is 259 g/mol. The molecule has 0 amide bonds. The molecule has 0 spiro atoms. The Morgan fingerprint density at radius 3 is 2.37 bits per heavy atom. The molecule has 106 valence electrons. The van der Waals surface area contributed by atoms with Crippen LogP contribution in [-0.4, -0.2) is 12.6 Å². The molecular formula is C18H29N. The van der Waals surface area contributed by atoms with E-state index in [-0.39, 0.29) is 0 Å². The van der Waals surface area contributed by atoms with E-state index in [4.69, 9.17) is 0 Å². The maximum atomic E-state index is 3.70. The molecule has 0 atom stereocenters. The van der Waals surface area contributed by atoms with Gasteiger partial charge in [-0.25, -0.2) is 0 Å². The summed E-state index contributed by atoms with van der Waals surface area (Å²) in [6.07, 6.45) is 9.51. The molecule has 1 aromatic carbocycles. The molecule has 1 saturated carbocycles. The van der Waals surface area contributed by atoms with Gasteiger partial charge in [-0.1, -0.05) is 25.0 Å². The van der Waals surface area contributed by atoms with Crippen LogP contribution in [0.4, 0.5) is 0 Å². The summed E-state index contributed by atoms with van der Waals surface area (Å²) < 4.78 is 0. The first-order valence-corrected chi connectivity index (χ1v) is 7.97. The fourth-order valence-corrected chi connectivity index (χ4v) is 3.17. The minimum Gasteiger partial charge on any atom is -0.314 e. The zero-order chi connectivity index (χ0) is 13.7. The Morgan fingerprint density at radius 1 is 0.947 bits per heavy atom. The van der Waals surface area contributed by atoms with E-state index in [1.807, 2.05) is 0 Å². The van der Waals surface area contributed by atoms with Gasteiger partial charge in [0.15, 0.2) is 0 Å². The van der Waals surface area contributed by atoms with E-state index in [0.717, 1.165) is 6.04 Å². The molecule has 0 bridgehead atoms. The molecule has 0 saturated heterocycles. The van der Waals surface area contributed by atoms with Gasteiger partial charge in [0.1, 0.15) is 0 Å². The van der Waals surface area contributed by atoms with Crippen LogP contribution in [0.1, 0.15) is 60.8 Å². The molecule has 0 heterocycles. The Balaban J connectivity index is 1.69. The predicted octanol–water partition coefficient (Wildman–Crippen LogP) is 4.47. The summed E-state index contributed by atoms with van der Waals surface area (Å²) in [7, 11) is 0. The highest BCUT2D eigenvalue weighted by molar-refractivity contribution is 5.36. The van der Waals surface area contributed by atoms with Crippen molar-refractivity contribution >= 4 is 0 Å². The first-order valence-electron chi connectivity index (χ1n) is 7.97. The summed E-state index contributed by atoms with van der Waals surface area (Å²) in [4.78, 5) is 0. The lowest BCUT2D eigenvalue weighted by Gasteiger charge is -2.12. The predicted molar refractivity (Wildman–Crippen MR) is 83.8 cm³/mol. The number of hydrogen-bond acceptors (Lipinski definition) is 1. The van der Waals surface area contributed by atoms with Gasteiger partial charge >= 0.3 is 0 Å². The van der Waals surface area contributed by atoms with E-state index in [9.17, 15) is 0 Å². The van der Waals surface area contributed by atoms with Crippen LogP contribution in [0.2, 0.25) is 0 Å². The first kappa shape index (κ1) is 14.6. The summed E-state index contributed by atoms with van der Waals surface area (Å²) in [5.74, 6) is 0. The summed E-state index contributed by atoms with van der Waals surface area (Å²) in [6.45, 7) is 7.88. The van der Waals surface area contributed by atoms with Crippen molar-refractivity contribution < 1.29 is 0 Å². The standard InChI is InChI=1S/C18H29N/c1-14-12-16(3)17(13-15(14)2)8-6-7-11-19-18-9-4-5-10-18/h12-13,18-19H,4-11H2,1-3H3. The Kier molecular flexibility index (Phi) is 5.45. The Hall–Kier alpha value is -0.820. The zero-order valence-electron chi connectivity index (χ0n) is 12.9. The van der Waals surface area contributed by atoms with Gasteiger partial charge in [0.25, 0.3) is 0 Å². The summed E-state index contributed by atoms with van der Waals surface area (Å²) in [5, 5.41) is 3.70. The molecular weight excluding hydrogens is 230 g/mol. The quantitative estimate of drug-likeness (QED) is 0.743.